The van der Waals surface area contributed by atoms with Crippen molar-refractivity contribution in [2.24, 2.45) is 11.7 Å². The molecule has 1 aromatic carbocycles. The van der Waals surface area contributed by atoms with Crippen molar-refractivity contribution in [1.82, 2.24) is 14.9 Å². The van der Waals surface area contributed by atoms with E-state index >= 15 is 0 Å². The van der Waals surface area contributed by atoms with Crippen LogP contribution in [0.3, 0.4) is 0 Å². The third-order valence-corrected chi connectivity index (χ3v) is 4.68. The highest BCUT2D eigenvalue weighted by Gasteiger charge is 2.28. The van der Waals surface area contributed by atoms with Crippen molar-refractivity contribution in [2.45, 2.75) is 25.3 Å². The number of aromatic nitrogens is 2. The smallest absolute Gasteiger partial charge is 0.290 e. The van der Waals surface area contributed by atoms with Gasteiger partial charge in [0.15, 0.2) is 0 Å². The number of nitrogens with zero attached hydrogens (tertiary/aromatic N) is 3. The molecule has 1 aromatic heterocycles. The fourth-order valence-electron chi connectivity index (χ4n) is 3.22. The van der Waals surface area contributed by atoms with E-state index in [-0.39, 0.29) is 30.8 Å². The van der Waals surface area contributed by atoms with Crippen LogP contribution in [0.1, 0.15) is 28.9 Å². The van der Waals surface area contributed by atoms with Crippen molar-refractivity contribution >= 4 is 12.4 Å². The number of benzene rings is 1. The fraction of sp³-hybridized carbons (Fsp3) is 0.368. The lowest BCUT2D eigenvalue weighted by Gasteiger charge is -2.34. The zero-order valence-electron chi connectivity index (χ0n) is 15.2. The molecule has 2 aromatic rings. The first-order chi connectivity index (χ1) is 13.5. The molecular weight excluding hydrogens is 370 g/mol. The van der Waals surface area contributed by atoms with E-state index in [1.54, 1.807) is 4.90 Å². The Morgan fingerprint density at radius 2 is 2.00 bits per heavy atom. The van der Waals surface area contributed by atoms with Crippen LogP contribution in [-0.2, 0) is 11.2 Å². The van der Waals surface area contributed by atoms with Gasteiger partial charge in [-0.15, -0.1) is 0 Å². The van der Waals surface area contributed by atoms with Crippen LogP contribution < -0.4 is 5.73 Å². The number of likely N-dealkylation sites (tertiary alicyclic amines) is 1. The first-order valence-corrected chi connectivity index (χ1v) is 8.79. The maximum absolute atomic E-state index is 13.8. The molecule has 2 heterocycles. The number of nitrogens with two attached hydrogens (primary N) is 1. The Kier molecular flexibility index (Phi) is 7.94. The maximum atomic E-state index is 13.8. The molecule has 1 fully saturated rings. The van der Waals surface area contributed by atoms with Crippen LogP contribution in [0.4, 0.5) is 8.78 Å². The number of hydrogen-bond acceptors (Lipinski definition) is 5. The number of carboxylic acid groups (broad SMARTS) is 1. The first-order valence-electron chi connectivity index (χ1n) is 8.79. The van der Waals surface area contributed by atoms with E-state index in [9.17, 15) is 13.6 Å². The van der Waals surface area contributed by atoms with E-state index in [2.05, 4.69) is 9.97 Å². The van der Waals surface area contributed by atoms with Gasteiger partial charge in [0.05, 0.1) is 6.20 Å². The zero-order chi connectivity index (χ0) is 20.5. The summed E-state index contributed by atoms with van der Waals surface area (Å²) in [5, 5.41) is 6.89. The van der Waals surface area contributed by atoms with E-state index in [1.165, 1.54) is 24.7 Å². The number of amides is 1. The standard InChI is InChI=1S/C18H20F2N4O.CH2O2/c19-14-1-2-15(20)13(9-14)10-16(21)12-3-7-24(8-4-12)18(25)17-11-22-5-6-23-17;2-1-3/h1-2,5-6,9,11-12,16H,3-4,7-8,10,21H2;1H,(H,2,3). The van der Waals surface area contributed by atoms with Gasteiger partial charge in [0.2, 0.25) is 0 Å². The molecule has 9 heteroatoms. The molecule has 0 saturated carbocycles. The summed E-state index contributed by atoms with van der Waals surface area (Å²) in [6.07, 6.45) is 6.20. The average Bonchev–Trinajstić information content (AvgIpc) is 2.71. The Morgan fingerprint density at radius 1 is 1.32 bits per heavy atom. The highest BCUT2D eigenvalue weighted by Crippen LogP contribution is 2.23. The minimum atomic E-state index is -0.465. The zero-order valence-corrected chi connectivity index (χ0v) is 15.2. The van der Waals surface area contributed by atoms with Gasteiger partial charge < -0.3 is 15.7 Å². The number of piperidine rings is 1. The lowest BCUT2D eigenvalue weighted by Crippen LogP contribution is -2.44. The summed E-state index contributed by atoms with van der Waals surface area (Å²) < 4.78 is 27.0. The van der Waals surface area contributed by atoms with Gasteiger partial charge in [-0.05, 0) is 48.9 Å². The van der Waals surface area contributed by atoms with Crippen LogP contribution in [0.5, 0.6) is 0 Å². The summed E-state index contributed by atoms with van der Waals surface area (Å²) in [4.78, 5) is 30.4. The van der Waals surface area contributed by atoms with Crippen LogP contribution in [-0.4, -0.2) is 51.5 Å². The molecule has 1 atom stereocenters. The Hall–Kier alpha value is -2.94. The minimum absolute atomic E-state index is 0.142. The first kappa shape index (κ1) is 21.4. The number of carbonyl (C=O) groups is 2. The van der Waals surface area contributed by atoms with Gasteiger partial charge in [0.25, 0.3) is 12.4 Å². The third kappa shape index (κ3) is 5.78. The van der Waals surface area contributed by atoms with E-state index in [0.717, 1.165) is 25.0 Å². The summed E-state index contributed by atoms with van der Waals surface area (Å²) in [6.45, 7) is 0.888. The van der Waals surface area contributed by atoms with E-state index in [0.29, 0.717) is 24.3 Å². The van der Waals surface area contributed by atoms with Gasteiger partial charge in [-0.2, -0.15) is 0 Å². The molecular formula is C19H22F2N4O3. The molecule has 0 spiro atoms. The molecule has 28 heavy (non-hydrogen) atoms. The van der Waals surface area contributed by atoms with E-state index in [1.807, 2.05) is 0 Å². The minimum Gasteiger partial charge on any atom is -0.483 e. The van der Waals surface area contributed by atoms with Crippen LogP contribution in [0.2, 0.25) is 0 Å². The summed E-state index contributed by atoms with van der Waals surface area (Å²) in [5.41, 5.74) is 6.84. The largest absolute Gasteiger partial charge is 0.483 e. The second-order valence-electron chi connectivity index (χ2n) is 6.43. The lowest BCUT2D eigenvalue weighted by atomic mass is 9.86. The molecule has 1 saturated heterocycles. The summed E-state index contributed by atoms with van der Waals surface area (Å²) >= 11 is 0. The predicted molar refractivity (Wildman–Crippen MR) is 97.4 cm³/mol. The predicted octanol–water partition coefficient (Wildman–Crippen LogP) is 1.88. The van der Waals surface area contributed by atoms with Crippen molar-refractivity contribution in [3.63, 3.8) is 0 Å². The molecule has 7 nitrogen and oxygen atoms in total. The van der Waals surface area contributed by atoms with Gasteiger partial charge in [-0.3, -0.25) is 14.6 Å². The number of carbonyl (C=O) groups excluding carboxylic acids is 1. The molecule has 0 bridgehead atoms. The second kappa shape index (κ2) is 10.4. The Labute approximate surface area is 161 Å². The molecule has 1 amide bonds. The van der Waals surface area contributed by atoms with Crippen molar-refractivity contribution < 1.29 is 23.5 Å². The number of hydrogen-bond donors (Lipinski definition) is 2. The SMILES string of the molecule is NC(Cc1cc(F)ccc1F)C1CCN(C(=O)c2cnccn2)CC1.O=CO. The van der Waals surface area contributed by atoms with Gasteiger partial charge in [0, 0.05) is 31.5 Å². The molecule has 1 aliphatic heterocycles. The Morgan fingerprint density at radius 3 is 2.61 bits per heavy atom. The summed E-state index contributed by atoms with van der Waals surface area (Å²) in [7, 11) is 0. The topological polar surface area (TPSA) is 109 Å². The highest BCUT2D eigenvalue weighted by molar-refractivity contribution is 5.92. The Bertz CT molecular complexity index is 784. The van der Waals surface area contributed by atoms with Crippen LogP contribution in [0, 0.1) is 17.6 Å². The summed E-state index contributed by atoms with van der Waals surface area (Å²) in [6, 6.07) is 3.15. The third-order valence-electron chi connectivity index (χ3n) is 4.68. The van der Waals surface area contributed by atoms with Crippen molar-refractivity contribution in [3.05, 3.63) is 59.7 Å². The Balaban J connectivity index is 0.000000878. The van der Waals surface area contributed by atoms with Gasteiger partial charge in [-0.1, -0.05) is 0 Å². The number of rotatable bonds is 4. The second-order valence-corrected chi connectivity index (χ2v) is 6.43. The van der Waals surface area contributed by atoms with E-state index < -0.39 is 11.6 Å². The number of halogens is 2. The fourth-order valence-corrected chi connectivity index (χ4v) is 3.22. The monoisotopic (exact) mass is 392 g/mol. The molecule has 1 aliphatic rings. The summed E-state index contributed by atoms with van der Waals surface area (Å²) in [5.74, 6) is -0.884. The van der Waals surface area contributed by atoms with Crippen molar-refractivity contribution in [2.75, 3.05) is 13.1 Å². The average molecular weight is 392 g/mol. The van der Waals surface area contributed by atoms with Crippen LogP contribution in [0.25, 0.3) is 0 Å². The van der Waals surface area contributed by atoms with Crippen LogP contribution in [0.15, 0.2) is 36.8 Å². The lowest BCUT2D eigenvalue weighted by molar-refractivity contribution is -0.122. The van der Waals surface area contributed by atoms with E-state index in [4.69, 9.17) is 15.6 Å². The molecule has 1 unspecified atom stereocenters. The van der Waals surface area contributed by atoms with Crippen molar-refractivity contribution in [3.8, 4) is 0 Å². The molecule has 3 rings (SSSR count). The van der Waals surface area contributed by atoms with Gasteiger partial charge >= 0.3 is 0 Å². The molecule has 0 radical (unpaired) electrons. The van der Waals surface area contributed by atoms with Gasteiger partial charge in [0.1, 0.15) is 17.3 Å². The molecule has 0 aliphatic carbocycles. The molecule has 3 N–H and O–H groups in total. The normalized spacial score (nSPS) is 15.3. The van der Waals surface area contributed by atoms with Crippen LogP contribution >= 0.6 is 0 Å². The maximum Gasteiger partial charge on any atom is 0.290 e. The highest BCUT2D eigenvalue weighted by atomic mass is 19.1. The van der Waals surface area contributed by atoms with Gasteiger partial charge in [-0.25, -0.2) is 13.8 Å². The molecule has 150 valence electrons. The van der Waals surface area contributed by atoms with Crippen molar-refractivity contribution in [1.29, 1.82) is 0 Å². The quantitative estimate of drug-likeness (QED) is 0.769.